The Labute approximate surface area is 313 Å². The fraction of sp³-hybridized carbons (Fsp3) is 0.658. The molecule has 15 heteroatoms. The van der Waals surface area contributed by atoms with Crippen LogP contribution in [0.1, 0.15) is 83.0 Å². The highest BCUT2D eigenvalue weighted by atomic mass is 16.6. The van der Waals surface area contributed by atoms with Crippen molar-refractivity contribution in [3.8, 4) is 5.75 Å². The molecule has 1 aromatic heterocycles. The number of carbonyl (C=O) groups is 3. The van der Waals surface area contributed by atoms with Gasteiger partial charge in [0.2, 0.25) is 11.9 Å². The van der Waals surface area contributed by atoms with E-state index in [9.17, 15) is 14.4 Å². The summed E-state index contributed by atoms with van der Waals surface area (Å²) in [6, 6.07) is 5.15. The lowest BCUT2D eigenvalue weighted by atomic mass is 10.0. The number of carbonyl (C=O) groups excluding carboxylic acids is 3. The smallest absolute Gasteiger partial charge is 0.410 e. The van der Waals surface area contributed by atoms with E-state index in [-0.39, 0.29) is 36.1 Å². The molecule has 0 unspecified atom stereocenters. The van der Waals surface area contributed by atoms with Crippen LogP contribution in [-0.2, 0) is 23.7 Å². The summed E-state index contributed by atoms with van der Waals surface area (Å²) in [5.74, 6) is 1.42. The van der Waals surface area contributed by atoms with Gasteiger partial charge in [-0.05, 0) is 71.1 Å². The van der Waals surface area contributed by atoms with Crippen LogP contribution in [0, 0.1) is 0 Å². The van der Waals surface area contributed by atoms with Crippen LogP contribution in [0.2, 0.25) is 0 Å². The van der Waals surface area contributed by atoms with Crippen LogP contribution < -0.4 is 25.2 Å². The summed E-state index contributed by atoms with van der Waals surface area (Å²) in [6.45, 7) is 11.3. The highest BCUT2D eigenvalue weighted by molar-refractivity contribution is 6.04. The first kappa shape index (κ1) is 40.0. The normalized spacial score (nSPS) is 18.3. The number of hydrogen-bond donors (Lipinski definition) is 2. The van der Waals surface area contributed by atoms with Crippen molar-refractivity contribution in [1.29, 1.82) is 0 Å². The minimum Gasteiger partial charge on any atom is -0.495 e. The van der Waals surface area contributed by atoms with Gasteiger partial charge in [-0.25, -0.2) is 9.78 Å². The van der Waals surface area contributed by atoms with E-state index in [0.29, 0.717) is 87.7 Å². The van der Waals surface area contributed by atoms with E-state index in [1.807, 2.05) is 27.7 Å². The highest BCUT2D eigenvalue weighted by Crippen LogP contribution is 2.40. The van der Waals surface area contributed by atoms with Gasteiger partial charge in [0.1, 0.15) is 23.1 Å². The Kier molecular flexibility index (Phi) is 14.1. The summed E-state index contributed by atoms with van der Waals surface area (Å²) in [4.78, 5) is 53.3. The Bertz CT molecular complexity index is 1540. The van der Waals surface area contributed by atoms with Crippen molar-refractivity contribution < 1.29 is 38.1 Å². The van der Waals surface area contributed by atoms with Gasteiger partial charge in [-0.2, -0.15) is 4.98 Å². The van der Waals surface area contributed by atoms with Gasteiger partial charge >= 0.3 is 6.09 Å². The summed E-state index contributed by atoms with van der Waals surface area (Å²) < 4.78 is 28.2. The number of amides is 3. The standard InChI is InChI=1S/C38H57N7O8/c1-7-30-35(47)43(5)31-25-40-36(42-33(31)45(30)27-10-8-9-11-27)41-29-13-12-26(24-32(29)49-6)34(46)39-16-19-50-20-21-51-22-23-52-28-14-17-44(18-15-28)37(48)53-38(2,3)4/h12-13,24-25,27-28,30H,7-11,14-23H2,1-6H3,(H,39,46)(H,40,41,42)/t30-/m1/s1. The van der Waals surface area contributed by atoms with Crippen LogP contribution in [0.3, 0.4) is 0 Å². The average molecular weight is 740 g/mol. The lowest BCUT2D eigenvalue weighted by molar-refractivity contribution is -0.120. The molecule has 2 aromatic rings. The number of nitrogens with zero attached hydrogens (tertiary/aromatic N) is 5. The molecule has 0 bridgehead atoms. The number of likely N-dealkylation sites (N-methyl/N-ethyl adjacent to an activating group) is 1. The maximum absolute atomic E-state index is 13.2. The van der Waals surface area contributed by atoms with E-state index in [2.05, 4.69) is 20.5 Å². The minimum absolute atomic E-state index is 0.0664. The molecule has 1 atom stereocenters. The van der Waals surface area contributed by atoms with Crippen molar-refractivity contribution in [3.63, 3.8) is 0 Å². The molecular weight excluding hydrogens is 682 g/mol. The van der Waals surface area contributed by atoms with E-state index in [1.54, 1.807) is 48.4 Å². The van der Waals surface area contributed by atoms with Gasteiger partial charge in [0.25, 0.3) is 5.91 Å². The summed E-state index contributed by atoms with van der Waals surface area (Å²) in [5.41, 5.74) is 1.25. The number of piperidine rings is 1. The van der Waals surface area contributed by atoms with Crippen molar-refractivity contribution in [1.82, 2.24) is 20.2 Å². The van der Waals surface area contributed by atoms with Gasteiger partial charge < -0.3 is 49.0 Å². The first-order chi connectivity index (χ1) is 25.5. The molecule has 15 nitrogen and oxygen atoms in total. The number of rotatable bonds is 16. The first-order valence-electron chi connectivity index (χ1n) is 18.9. The highest BCUT2D eigenvalue weighted by Gasteiger charge is 2.41. The maximum Gasteiger partial charge on any atom is 0.410 e. The van der Waals surface area contributed by atoms with Gasteiger partial charge in [-0.15, -0.1) is 0 Å². The fourth-order valence-electron chi connectivity index (χ4n) is 6.97. The molecular formula is C38H57N7O8. The van der Waals surface area contributed by atoms with Crippen LogP contribution in [0.15, 0.2) is 24.4 Å². The Balaban J connectivity index is 1.00. The molecule has 1 aromatic carbocycles. The molecule has 0 spiro atoms. The third-order valence-electron chi connectivity index (χ3n) is 9.70. The molecule has 53 heavy (non-hydrogen) atoms. The first-order valence-corrected chi connectivity index (χ1v) is 18.9. The maximum atomic E-state index is 13.2. The fourth-order valence-corrected chi connectivity index (χ4v) is 6.97. The summed E-state index contributed by atoms with van der Waals surface area (Å²) in [6.07, 6.45) is 8.12. The largest absolute Gasteiger partial charge is 0.495 e. The van der Waals surface area contributed by atoms with E-state index < -0.39 is 5.60 Å². The molecule has 3 amide bonds. The lowest BCUT2D eigenvalue weighted by Gasteiger charge is -2.43. The van der Waals surface area contributed by atoms with Crippen molar-refractivity contribution in [2.75, 3.05) is 81.9 Å². The second kappa shape index (κ2) is 18.7. The molecule has 0 radical (unpaired) electrons. The molecule has 5 rings (SSSR count). The van der Waals surface area contributed by atoms with E-state index in [1.165, 1.54) is 0 Å². The second-order valence-corrected chi connectivity index (χ2v) is 14.6. The number of nitrogens with one attached hydrogen (secondary N) is 2. The molecule has 2 fully saturated rings. The monoisotopic (exact) mass is 739 g/mol. The number of anilines is 4. The molecule has 1 aliphatic carbocycles. The van der Waals surface area contributed by atoms with Crippen LogP contribution in [0.25, 0.3) is 0 Å². The minimum atomic E-state index is -0.499. The second-order valence-electron chi connectivity index (χ2n) is 14.6. The summed E-state index contributed by atoms with van der Waals surface area (Å²) in [7, 11) is 3.32. The van der Waals surface area contributed by atoms with Crippen LogP contribution in [-0.4, -0.2) is 123 Å². The van der Waals surface area contributed by atoms with Crippen molar-refractivity contribution in [3.05, 3.63) is 30.0 Å². The predicted octanol–water partition coefficient (Wildman–Crippen LogP) is 4.91. The van der Waals surface area contributed by atoms with E-state index >= 15 is 0 Å². The zero-order valence-electron chi connectivity index (χ0n) is 32.2. The van der Waals surface area contributed by atoms with Gasteiger partial charge in [0.15, 0.2) is 5.82 Å². The molecule has 3 aliphatic rings. The van der Waals surface area contributed by atoms with Crippen LogP contribution in [0.4, 0.5) is 27.9 Å². The summed E-state index contributed by atoms with van der Waals surface area (Å²) in [5, 5.41) is 6.13. The average Bonchev–Trinajstić information content (AvgIpc) is 3.68. The molecule has 2 N–H and O–H groups in total. The topological polar surface area (TPSA) is 157 Å². The molecule has 3 heterocycles. The molecule has 1 saturated heterocycles. The SMILES string of the molecule is CC[C@@H]1C(=O)N(C)c2cnc(Nc3ccc(C(=O)NCCOCCOCCOC4CCN(C(=O)OC(C)(C)C)CC4)cc3OC)nc2N1C1CCCC1. The zero-order chi connectivity index (χ0) is 38.0. The molecule has 1 saturated carbocycles. The van der Waals surface area contributed by atoms with Crippen LogP contribution >= 0.6 is 0 Å². The lowest BCUT2D eigenvalue weighted by Crippen LogP contribution is -2.55. The van der Waals surface area contributed by atoms with Crippen molar-refractivity contribution >= 4 is 41.0 Å². The van der Waals surface area contributed by atoms with Crippen LogP contribution in [0.5, 0.6) is 5.75 Å². The number of ether oxygens (including phenoxy) is 5. The third kappa shape index (κ3) is 10.7. The molecule has 292 valence electrons. The Morgan fingerprint density at radius 2 is 1.68 bits per heavy atom. The van der Waals surface area contributed by atoms with Gasteiger partial charge in [-0.3, -0.25) is 9.59 Å². The van der Waals surface area contributed by atoms with E-state index in [0.717, 1.165) is 44.3 Å². The number of hydrogen-bond acceptors (Lipinski definition) is 12. The number of benzene rings is 1. The Hall–Kier alpha value is -4.21. The summed E-state index contributed by atoms with van der Waals surface area (Å²) >= 11 is 0. The van der Waals surface area contributed by atoms with Gasteiger partial charge in [0.05, 0.1) is 58.1 Å². The number of aromatic nitrogens is 2. The predicted molar refractivity (Wildman–Crippen MR) is 201 cm³/mol. The van der Waals surface area contributed by atoms with Crippen molar-refractivity contribution in [2.45, 2.75) is 96.4 Å². The number of methoxy groups -OCH3 is 1. The third-order valence-corrected chi connectivity index (χ3v) is 9.70. The van der Waals surface area contributed by atoms with Gasteiger partial charge in [-0.1, -0.05) is 19.8 Å². The van der Waals surface area contributed by atoms with Gasteiger partial charge in [0, 0.05) is 38.3 Å². The number of fused-ring (bicyclic) bond motifs is 1. The Morgan fingerprint density at radius 3 is 2.36 bits per heavy atom. The Morgan fingerprint density at radius 1 is 0.981 bits per heavy atom. The van der Waals surface area contributed by atoms with Crippen molar-refractivity contribution in [2.24, 2.45) is 0 Å². The zero-order valence-corrected chi connectivity index (χ0v) is 32.2. The van der Waals surface area contributed by atoms with E-state index in [4.69, 9.17) is 28.7 Å². The quantitative estimate of drug-likeness (QED) is 0.225. The molecule has 2 aliphatic heterocycles. The number of likely N-dealkylation sites (tertiary alicyclic amines) is 1.